The molecule has 1 fully saturated rings. The van der Waals surface area contributed by atoms with Gasteiger partial charge in [-0.1, -0.05) is 6.07 Å². The molecule has 0 spiro atoms. The van der Waals surface area contributed by atoms with Gasteiger partial charge < -0.3 is 19.9 Å². The van der Waals surface area contributed by atoms with Crippen molar-refractivity contribution in [1.82, 2.24) is 10.2 Å². The van der Waals surface area contributed by atoms with Crippen LogP contribution in [0.25, 0.3) is 0 Å². The monoisotopic (exact) mass is 292 g/mol. The quantitative estimate of drug-likeness (QED) is 0.832. The van der Waals surface area contributed by atoms with Gasteiger partial charge in [-0.25, -0.2) is 0 Å². The Bertz CT molecular complexity index is 475. The van der Waals surface area contributed by atoms with Gasteiger partial charge in [-0.2, -0.15) is 0 Å². The van der Waals surface area contributed by atoms with Crippen LogP contribution in [0, 0.1) is 0 Å². The molecule has 0 radical (unpaired) electrons. The van der Waals surface area contributed by atoms with Gasteiger partial charge in [-0.05, 0) is 44.0 Å². The molecule has 0 aliphatic carbocycles. The Morgan fingerprint density at radius 3 is 3.00 bits per heavy atom. The van der Waals surface area contributed by atoms with Crippen molar-refractivity contribution in [1.29, 1.82) is 0 Å². The Kier molecular flexibility index (Phi) is 4.63. The molecule has 5 nitrogen and oxygen atoms in total. The lowest BCUT2D eigenvalue weighted by Crippen LogP contribution is -2.40. The van der Waals surface area contributed by atoms with Gasteiger partial charge in [-0.15, -0.1) is 0 Å². The van der Waals surface area contributed by atoms with E-state index in [-0.39, 0.29) is 12.6 Å². The van der Waals surface area contributed by atoms with Crippen LogP contribution >= 0.6 is 0 Å². The number of nitrogens with zero attached hydrogens (tertiary/aromatic N) is 1. The molecule has 2 atom stereocenters. The zero-order valence-corrected chi connectivity index (χ0v) is 12.5. The largest absolute Gasteiger partial charge is 0.454 e. The van der Waals surface area contributed by atoms with Crippen LogP contribution in [0.15, 0.2) is 18.2 Å². The maximum Gasteiger partial charge on any atom is 0.231 e. The number of aliphatic hydroxyl groups is 1. The highest BCUT2D eigenvalue weighted by molar-refractivity contribution is 5.45. The highest BCUT2D eigenvalue weighted by Gasteiger charge is 2.23. The van der Waals surface area contributed by atoms with Crippen LogP contribution in [-0.2, 0) is 0 Å². The molecule has 2 aliphatic rings. The lowest BCUT2D eigenvalue weighted by molar-refractivity contribution is 0.147. The average molecular weight is 292 g/mol. The number of fused-ring (bicyclic) bond motifs is 1. The van der Waals surface area contributed by atoms with Crippen LogP contribution in [0.5, 0.6) is 11.5 Å². The van der Waals surface area contributed by atoms with Crippen LogP contribution in [0.2, 0.25) is 0 Å². The van der Waals surface area contributed by atoms with Gasteiger partial charge in [0.1, 0.15) is 0 Å². The normalized spacial score (nSPS) is 22.0. The molecule has 0 aromatic heterocycles. The minimum Gasteiger partial charge on any atom is -0.454 e. The van der Waals surface area contributed by atoms with E-state index in [2.05, 4.69) is 29.3 Å². The second kappa shape index (κ2) is 6.64. The molecule has 1 aromatic carbocycles. The number of aliphatic hydroxyl groups excluding tert-OH is 1. The molecule has 2 aliphatic heterocycles. The van der Waals surface area contributed by atoms with Crippen molar-refractivity contribution in [2.75, 3.05) is 33.0 Å². The highest BCUT2D eigenvalue weighted by atomic mass is 16.7. The first-order valence-corrected chi connectivity index (χ1v) is 7.76. The third kappa shape index (κ3) is 3.31. The van der Waals surface area contributed by atoms with E-state index in [4.69, 9.17) is 9.47 Å². The topological polar surface area (TPSA) is 54.0 Å². The van der Waals surface area contributed by atoms with Gasteiger partial charge in [-0.3, -0.25) is 4.90 Å². The SMILES string of the molecule is CC(c1ccc2c(c1)OCO2)N(CCO)CC1CCCN1. The molecule has 0 saturated carbocycles. The van der Waals surface area contributed by atoms with Crippen molar-refractivity contribution in [2.24, 2.45) is 0 Å². The standard InChI is InChI=1S/C16H24N2O3/c1-12(13-4-5-15-16(9-13)21-11-20-15)18(7-8-19)10-14-3-2-6-17-14/h4-5,9,12,14,17,19H,2-3,6-8,10-11H2,1H3. The molecule has 1 aromatic rings. The summed E-state index contributed by atoms with van der Waals surface area (Å²) in [5, 5.41) is 12.9. The number of nitrogens with one attached hydrogen (secondary N) is 1. The first-order chi connectivity index (χ1) is 10.3. The van der Waals surface area contributed by atoms with Crippen LogP contribution in [0.3, 0.4) is 0 Å². The summed E-state index contributed by atoms with van der Waals surface area (Å²) in [5.41, 5.74) is 1.20. The van der Waals surface area contributed by atoms with E-state index >= 15 is 0 Å². The van der Waals surface area contributed by atoms with Gasteiger partial charge >= 0.3 is 0 Å². The van der Waals surface area contributed by atoms with E-state index in [1.54, 1.807) is 0 Å². The van der Waals surface area contributed by atoms with Crippen molar-refractivity contribution < 1.29 is 14.6 Å². The Hall–Kier alpha value is -1.30. The Labute approximate surface area is 125 Å². The maximum atomic E-state index is 9.35. The molecular weight excluding hydrogens is 268 g/mol. The molecular formula is C16H24N2O3. The number of rotatable bonds is 6. The summed E-state index contributed by atoms with van der Waals surface area (Å²) in [5.74, 6) is 1.64. The molecule has 2 unspecified atom stereocenters. The third-order valence-electron chi connectivity index (χ3n) is 4.43. The van der Waals surface area contributed by atoms with E-state index in [1.807, 2.05) is 6.07 Å². The van der Waals surface area contributed by atoms with Gasteiger partial charge in [0.15, 0.2) is 11.5 Å². The van der Waals surface area contributed by atoms with Gasteiger partial charge in [0.25, 0.3) is 0 Å². The van der Waals surface area contributed by atoms with Crippen molar-refractivity contribution >= 4 is 0 Å². The Morgan fingerprint density at radius 1 is 1.38 bits per heavy atom. The van der Waals surface area contributed by atoms with Crippen LogP contribution in [-0.4, -0.2) is 49.1 Å². The van der Waals surface area contributed by atoms with E-state index in [1.165, 1.54) is 18.4 Å². The average Bonchev–Trinajstić information content (AvgIpc) is 3.16. The molecule has 116 valence electrons. The van der Waals surface area contributed by atoms with Crippen molar-refractivity contribution in [2.45, 2.75) is 31.8 Å². The fourth-order valence-corrected chi connectivity index (χ4v) is 3.15. The molecule has 0 amide bonds. The minimum absolute atomic E-state index is 0.182. The maximum absolute atomic E-state index is 9.35. The lowest BCUT2D eigenvalue weighted by atomic mass is 10.0. The number of benzene rings is 1. The van der Waals surface area contributed by atoms with Crippen molar-refractivity contribution in [3.63, 3.8) is 0 Å². The molecule has 1 saturated heterocycles. The zero-order valence-electron chi connectivity index (χ0n) is 12.5. The molecule has 2 N–H and O–H groups in total. The second-order valence-electron chi connectivity index (χ2n) is 5.80. The van der Waals surface area contributed by atoms with Gasteiger partial charge in [0, 0.05) is 25.2 Å². The van der Waals surface area contributed by atoms with E-state index < -0.39 is 0 Å². The zero-order chi connectivity index (χ0) is 14.7. The molecule has 21 heavy (non-hydrogen) atoms. The van der Waals surface area contributed by atoms with Crippen molar-refractivity contribution in [3.05, 3.63) is 23.8 Å². The summed E-state index contributed by atoms with van der Waals surface area (Å²) in [7, 11) is 0. The Balaban J connectivity index is 1.71. The summed E-state index contributed by atoms with van der Waals surface area (Å²) in [6.07, 6.45) is 2.46. The predicted molar refractivity (Wildman–Crippen MR) is 80.7 cm³/mol. The second-order valence-corrected chi connectivity index (χ2v) is 5.80. The van der Waals surface area contributed by atoms with E-state index in [0.29, 0.717) is 19.4 Å². The number of hydrogen-bond donors (Lipinski definition) is 2. The summed E-state index contributed by atoms with van der Waals surface area (Å²) >= 11 is 0. The van der Waals surface area contributed by atoms with Gasteiger partial charge in [0.2, 0.25) is 6.79 Å². The summed E-state index contributed by atoms with van der Waals surface area (Å²) in [6, 6.07) is 6.89. The fraction of sp³-hybridized carbons (Fsp3) is 0.625. The molecule has 2 heterocycles. The van der Waals surface area contributed by atoms with Crippen molar-refractivity contribution in [3.8, 4) is 11.5 Å². The highest BCUT2D eigenvalue weighted by Crippen LogP contribution is 2.35. The van der Waals surface area contributed by atoms with Gasteiger partial charge in [0.05, 0.1) is 6.61 Å². The first kappa shape index (κ1) is 14.6. The van der Waals surface area contributed by atoms with Crippen LogP contribution in [0.4, 0.5) is 0 Å². The van der Waals surface area contributed by atoms with Crippen LogP contribution in [0.1, 0.15) is 31.4 Å². The third-order valence-corrected chi connectivity index (χ3v) is 4.43. The van der Waals surface area contributed by atoms with E-state index in [9.17, 15) is 5.11 Å². The molecule has 0 bridgehead atoms. The minimum atomic E-state index is 0.182. The number of hydrogen-bond acceptors (Lipinski definition) is 5. The van der Waals surface area contributed by atoms with E-state index in [0.717, 1.165) is 24.6 Å². The molecule has 5 heteroatoms. The smallest absolute Gasteiger partial charge is 0.231 e. The summed E-state index contributed by atoms with van der Waals surface area (Å²) < 4.78 is 10.8. The summed E-state index contributed by atoms with van der Waals surface area (Å²) in [4.78, 5) is 2.33. The lowest BCUT2D eigenvalue weighted by Gasteiger charge is -2.31. The first-order valence-electron chi connectivity index (χ1n) is 7.76. The number of ether oxygens (including phenoxy) is 2. The Morgan fingerprint density at radius 2 is 2.24 bits per heavy atom. The fourth-order valence-electron chi connectivity index (χ4n) is 3.15. The molecule has 3 rings (SSSR count). The summed E-state index contributed by atoms with van der Waals surface area (Å²) in [6.45, 7) is 5.43. The predicted octanol–water partition coefficient (Wildman–Crippen LogP) is 1.52. The van der Waals surface area contributed by atoms with Crippen LogP contribution < -0.4 is 14.8 Å².